The van der Waals surface area contributed by atoms with Gasteiger partial charge in [0.05, 0.1) is 12.2 Å². The number of hydrogen-bond acceptors (Lipinski definition) is 3. The van der Waals surface area contributed by atoms with Crippen molar-refractivity contribution in [2.24, 2.45) is 5.90 Å². The van der Waals surface area contributed by atoms with E-state index in [2.05, 4.69) is 4.84 Å². The molecule has 0 bridgehead atoms. The molecule has 1 heterocycles. The standard InChI is InChI=1S/C6H13NO2/c1-6(5-9-7)3-2-4-8-6/h2-5,7H2,1H3. The predicted molar refractivity (Wildman–Crippen MR) is 33.7 cm³/mol. The quantitative estimate of drug-likeness (QED) is 0.553. The lowest BCUT2D eigenvalue weighted by Gasteiger charge is -2.20. The molecule has 0 aromatic carbocycles. The fraction of sp³-hybridized carbons (Fsp3) is 1.00. The molecule has 3 nitrogen and oxygen atoms in total. The summed E-state index contributed by atoms with van der Waals surface area (Å²) in [5.41, 5.74) is -0.102. The maximum absolute atomic E-state index is 5.38. The Bertz CT molecular complexity index is 89.1. The van der Waals surface area contributed by atoms with Gasteiger partial charge in [-0.05, 0) is 19.8 Å². The molecule has 2 N–H and O–H groups in total. The van der Waals surface area contributed by atoms with Crippen LogP contribution in [-0.4, -0.2) is 18.8 Å². The van der Waals surface area contributed by atoms with Crippen LogP contribution in [0.1, 0.15) is 19.8 Å². The first kappa shape index (κ1) is 6.99. The third-order valence-electron chi connectivity index (χ3n) is 1.69. The van der Waals surface area contributed by atoms with Crippen LogP contribution in [0.15, 0.2) is 0 Å². The van der Waals surface area contributed by atoms with Crippen molar-refractivity contribution < 1.29 is 9.57 Å². The van der Waals surface area contributed by atoms with Crippen LogP contribution in [0.2, 0.25) is 0 Å². The highest BCUT2D eigenvalue weighted by atomic mass is 16.6. The van der Waals surface area contributed by atoms with Gasteiger partial charge in [0, 0.05) is 6.61 Å². The van der Waals surface area contributed by atoms with Crippen LogP contribution in [0.3, 0.4) is 0 Å². The minimum Gasteiger partial charge on any atom is -0.373 e. The van der Waals surface area contributed by atoms with E-state index in [9.17, 15) is 0 Å². The lowest BCUT2D eigenvalue weighted by molar-refractivity contribution is -0.0520. The minimum atomic E-state index is -0.102. The van der Waals surface area contributed by atoms with E-state index in [1.807, 2.05) is 6.92 Å². The van der Waals surface area contributed by atoms with E-state index in [4.69, 9.17) is 10.6 Å². The highest BCUT2D eigenvalue weighted by Crippen LogP contribution is 2.24. The second-order valence-corrected chi connectivity index (χ2v) is 2.71. The Morgan fingerprint density at radius 1 is 1.78 bits per heavy atom. The molecule has 0 saturated carbocycles. The van der Waals surface area contributed by atoms with Crippen molar-refractivity contribution in [3.05, 3.63) is 0 Å². The molecule has 54 valence electrons. The van der Waals surface area contributed by atoms with Gasteiger partial charge in [0.2, 0.25) is 0 Å². The van der Waals surface area contributed by atoms with Gasteiger partial charge in [0.1, 0.15) is 0 Å². The number of ether oxygens (including phenoxy) is 1. The molecule has 1 aliphatic heterocycles. The zero-order valence-electron chi connectivity index (χ0n) is 5.72. The summed E-state index contributed by atoms with van der Waals surface area (Å²) in [6.07, 6.45) is 2.18. The zero-order chi connectivity index (χ0) is 6.74. The van der Waals surface area contributed by atoms with Gasteiger partial charge in [-0.3, -0.25) is 0 Å². The Morgan fingerprint density at radius 2 is 2.56 bits per heavy atom. The van der Waals surface area contributed by atoms with E-state index in [1.165, 1.54) is 0 Å². The monoisotopic (exact) mass is 131 g/mol. The Morgan fingerprint density at radius 3 is 3.00 bits per heavy atom. The molecule has 9 heavy (non-hydrogen) atoms. The third-order valence-corrected chi connectivity index (χ3v) is 1.69. The largest absolute Gasteiger partial charge is 0.373 e. The molecule has 0 aliphatic carbocycles. The molecule has 0 amide bonds. The molecule has 0 aromatic rings. The average molecular weight is 131 g/mol. The Balaban J connectivity index is 2.32. The molecular weight excluding hydrogens is 118 g/mol. The lowest BCUT2D eigenvalue weighted by atomic mass is 10.1. The molecule has 1 saturated heterocycles. The summed E-state index contributed by atoms with van der Waals surface area (Å²) in [5, 5.41) is 0. The van der Waals surface area contributed by atoms with Crippen molar-refractivity contribution in [2.75, 3.05) is 13.2 Å². The Kier molecular flexibility index (Phi) is 2.05. The topological polar surface area (TPSA) is 44.5 Å². The van der Waals surface area contributed by atoms with E-state index in [0.29, 0.717) is 6.61 Å². The summed E-state index contributed by atoms with van der Waals surface area (Å²) in [5.74, 6) is 4.91. The SMILES string of the molecule is CC1(CON)CCCO1. The molecule has 1 unspecified atom stereocenters. The molecule has 1 atom stereocenters. The van der Waals surface area contributed by atoms with E-state index < -0.39 is 0 Å². The summed E-state index contributed by atoms with van der Waals surface area (Å²) in [4.78, 5) is 4.50. The maximum Gasteiger partial charge on any atom is 0.0966 e. The van der Waals surface area contributed by atoms with Crippen LogP contribution in [-0.2, 0) is 9.57 Å². The second-order valence-electron chi connectivity index (χ2n) is 2.71. The predicted octanol–water partition coefficient (Wildman–Crippen LogP) is 0.446. The van der Waals surface area contributed by atoms with Crippen molar-refractivity contribution in [1.29, 1.82) is 0 Å². The van der Waals surface area contributed by atoms with Crippen LogP contribution >= 0.6 is 0 Å². The first-order valence-corrected chi connectivity index (χ1v) is 3.22. The van der Waals surface area contributed by atoms with Crippen molar-refractivity contribution >= 4 is 0 Å². The van der Waals surface area contributed by atoms with Crippen molar-refractivity contribution in [3.8, 4) is 0 Å². The molecule has 0 radical (unpaired) electrons. The van der Waals surface area contributed by atoms with E-state index in [0.717, 1.165) is 19.4 Å². The van der Waals surface area contributed by atoms with Crippen LogP contribution in [0.5, 0.6) is 0 Å². The molecule has 0 aromatic heterocycles. The highest BCUT2D eigenvalue weighted by Gasteiger charge is 2.29. The highest BCUT2D eigenvalue weighted by molar-refractivity contribution is 4.78. The third kappa shape index (κ3) is 1.64. The van der Waals surface area contributed by atoms with E-state index in [1.54, 1.807) is 0 Å². The van der Waals surface area contributed by atoms with Gasteiger partial charge >= 0.3 is 0 Å². The van der Waals surface area contributed by atoms with E-state index >= 15 is 0 Å². The number of hydrogen-bond donors (Lipinski definition) is 1. The zero-order valence-corrected chi connectivity index (χ0v) is 5.72. The van der Waals surface area contributed by atoms with Crippen LogP contribution < -0.4 is 5.90 Å². The van der Waals surface area contributed by atoms with Gasteiger partial charge < -0.3 is 9.57 Å². The van der Waals surface area contributed by atoms with Gasteiger partial charge in [0.25, 0.3) is 0 Å². The Hall–Kier alpha value is -0.120. The second kappa shape index (κ2) is 2.64. The number of rotatable bonds is 2. The summed E-state index contributed by atoms with van der Waals surface area (Å²) >= 11 is 0. The molecule has 1 aliphatic rings. The summed E-state index contributed by atoms with van der Waals surface area (Å²) in [6, 6.07) is 0. The molecule has 1 fully saturated rings. The number of nitrogens with two attached hydrogens (primary N) is 1. The normalized spacial score (nSPS) is 35.3. The smallest absolute Gasteiger partial charge is 0.0966 e. The van der Waals surface area contributed by atoms with Crippen LogP contribution in [0, 0.1) is 0 Å². The molecule has 3 heteroatoms. The first-order valence-electron chi connectivity index (χ1n) is 3.22. The summed E-state index contributed by atoms with van der Waals surface area (Å²) in [7, 11) is 0. The van der Waals surface area contributed by atoms with Gasteiger partial charge in [-0.2, -0.15) is 0 Å². The lowest BCUT2D eigenvalue weighted by Crippen LogP contribution is -2.31. The average Bonchev–Trinajstić information content (AvgIpc) is 2.16. The van der Waals surface area contributed by atoms with Gasteiger partial charge in [-0.15, -0.1) is 0 Å². The van der Waals surface area contributed by atoms with Crippen LogP contribution in [0.25, 0.3) is 0 Å². The molecule has 0 spiro atoms. The molecular formula is C6H13NO2. The Labute approximate surface area is 55.1 Å². The van der Waals surface area contributed by atoms with Crippen LogP contribution in [0.4, 0.5) is 0 Å². The maximum atomic E-state index is 5.38. The van der Waals surface area contributed by atoms with Crippen molar-refractivity contribution in [1.82, 2.24) is 0 Å². The van der Waals surface area contributed by atoms with Crippen molar-refractivity contribution in [3.63, 3.8) is 0 Å². The summed E-state index contributed by atoms with van der Waals surface area (Å²) < 4.78 is 5.38. The van der Waals surface area contributed by atoms with Crippen molar-refractivity contribution in [2.45, 2.75) is 25.4 Å². The summed E-state index contributed by atoms with van der Waals surface area (Å²) in [6.45, 7) is 3.37. The van der Waals surface area contributed by atoms with Gasteiger partial charge in [0.15, 0.2) is 0 Å². The molecule has 1 rings (SSSR count). The fourth-order valence-corrected chi connectivity index (χ4v) is 1.13. The fourth-order valence-electron chi connectivity index (χ4n) is 1.13. The van der Waals surface area contributed by atoms with Gasteiger partial charge in [-0.1, -0.05) is 0 Å². The van der Waals surface area contributed by atoms with Gasteiger partial charge in [-0.25, -0.2) is 5.90 Å². The minimum absolute atomic E-state index is 0.102. The van der Waals surface area contributed by atoms with E-state index in [-0.39, 0.29) is 5.60 Å². The first-order chi connectivity index (χ1) is 4.27.